The highest BCUT2D eigenvalue weighted by molar-refractivity contribution is 6.16. The SMILES string of the molecule is CC(C)Oc1ccc(C(=O)[C@@H]2[C@H](C(=O)c3cccc([N+](=O)[O-])c3)[C@@]3(C(=O)Nc4ccccc43)[C@@H]3c4ccccc4C=CN23)cc1. The van der Waals surface area contributed by atoms with Crippen LogP contribution in [-0.4, -0.2) is 39.4 Å². The fourth-order valence-corrected chi connectivity index (χ4v) is 7.26. The molecule has 0 unspecified atom stereocenters. The van der Waals surface area contributed by atoms with E-state index in [-0.39, 0.29) is 23.1 Å². The van der Waals surface area contributed by atoms with Crippen LogP contribution in [0.5, 0.6) is 5.75 Å². The standard InChI is InChI=1S/C36H29N3O6/c1-21(2)45-26-16-14-23(15-17-26)33(41)31-30(32(40)24-9-7-10-25(20-24)39(43)44)36(28-12-5-6-13-29(28)37-35(36)42)34-27-11-4-3-8-22(27)18-19-38(31)34/h3-21,30-31,34H,1-2H3,(H,37,42)/t30-,31+,34+,36-/m1/s1. The van der Waals surface area contributed by atoms with Crippen molar-refractivity contribution in [2.75, 3.05) is 5.32 Å². The Balaban J connectivity index is 1.48. The minimum absolute atomic E-state index is 0.0568. The van der Waals surface area contributed by atoms with E-state index in [1.165, 1.54) is 24.3 Å². The van der Waals surface area contributed by atoms with E-state index in [1.807, 2.05) is 61.2 Å². The number of nitrogens with zero attached hydrogens (tertiary/aromatic N) is 2. The van der Waals surface area contributed by atoms with Gasteiger partial charge in [-0.25, -0.2) is 0 Å². The van der Waals surface area contributed by atoms with Crippen LogP contribution in [0, 0.1) is 16.0 Å². The van der Waals surface area contributed by atoms with Crippen LogP contribution in [0.2, 0.25) is 0 Å². The molecule has 45 heavy (non-hydrogen) atoms. The van der Waals surface area contributed by atoms with Gasteiger partial charge >= 0.3 is 0 Å². The van der Waals surface area contributed by atoms with Crippen molar-refractivity contribution in [1.29, 1.82) is 0 Å². The van der Waals surface area contributed by atoms with Gasteiger partial charge in [-0.15, -0.1) is 0 Å². The molecule has 0 aromatic heterocycles. The predicted molar refractivity (Wildman–Crippen MR) is 168 cm³/mol. The number of hydrogen-bond acceptors (Lipinski definition) is 7. The zero-order valence-corrected chi connectivity index (χ0v) is 24.5. The van der Waals surface area contributed by atoms with Crippen LogP contribution in [0.3, 0.4) is 0 Å². The third-order valence-corrected chi connectivity index (χ3v) is 8.97. The van der Waals surface area contributed by atoms with Crippen LogP contribution in [0.1, 0.15) is 57.3 Å². The number of amides is 1. The van der Waals surface area contributed by atoms with Gasteiger partial charge in [-0.2, -0.15) is 0 Å². The highest BCUT2D eigenvalue weighted by Gasteiger charge is 2.70. The summed E-state index contributed by atoms with van der Waals surface area (Å²) in [5.41, 5.74) is 1.48. The van der Waals surface area contributed by atoms with Gasteiger partial charge in [-0.3, -0.25) is 24.5 Å². The Labute approximate surface area is 259 Å². The van der Waals surface area contributed by atoms with Crippen molar-refractivity contribution in [3.63, 3.8) is 0 Å². The predicted octanol–water partition coefficient (Wildman–Crippen LogP) is 6.36. The summed E-state index contributed by atoms with van der Waals surface area (Å²) in [6.45, 7) is 3.82. The van der Waals surface area contributed by atoms with Crippen LogP contribution < -0.4 is 10.1 Å². The molecular weight excluding hydrogens is 570 g/mol. The van der Waals surface area contributed by atoms with Crippen molar-refractivity contribution in [2.45, 2.75) is 37.5 Å². The Morgan fingerprint density at radius 3 is 2.40 bits per heavy atom. The highest BCUT2D eigenvalue weighted by atomic mass is 16.6. The molecule has 1 N–H and O–H groups in total. The van der Waals surface area contributed by atoms with E-state index >= 15 is 0 Å². The fourth-order valence-electron chi connectivity index (χ4n) is 7.26. The number of nitro benzene ring substituents is 1. The highest BCUT2D eigenvalue weighted by Crippen LogP contribution is 2.62. The lowest BCUT2D eigenvalue weighted by Gasteiger charge is -2.38. The first-order chi connectivity index (χ1) is 21.7. The maximum atomic E-state index is 14.9. The van der Waals surface area contributed by atoms with Crippen molar-refractivity contribution in [3.8, 4) is 5.75 Å². The molecule has 3 aliphatic rings. The van der Waals surface area contributed by atoms with E-state index < -0.39 is 40.0 Å². The molecule has 7 rings (SSSR count). The minimum atomic E-state index is -1.53. The Hall–Kier alpha value is -5.57. The van der Waals surface area contributed by atoms with Crippen molar-refractivity contribution in [2.24, 2.45) is 5.92 Å². The largest absolute Gasteiger partial charge is 0.491 e. The molecule has 3 heterocycles. The summed E-state index contributed by atoms with van der Waals surface area (Å²) in [6, 6.07) is 25.3. The minimum Gasteiger partial charge on any atom is -0.491 e. The molecule has 4 aromatic rings. The third kappa shape index (κ3) is 4.26. The summed E-state index contributed by atoms with van der Waals surface area (Å²) >= 11 is 0. The first-order valence-corrected chi connectivity index (χ1v) is 14.8. The molecule has 4 aromatic carbocycles. The molecule has 9 heteroatoms. The molecule has 9 nitrogen and oxygen atoms in total. The van der Waals surface area contributed by atoms with Gasteiger partial charge in [0.2, 0.25) is 5.91 Å². The van der Waals surface area contributed by atoms with Crippen LogP contribution in [0.25, 0.3) is 6.08 Å². The summed E-state index contributed by atoms with van der Waals surface area (Å²) in [4.78, 5) is 57.1. The quantitative estimate of drug-likeness (QED) is 0.149. The number of carbonyl (C=O) groups is 3. The molecule has 1 fully saturated rings. The molecule has 0 radical (unpaired) electrons. The number of anilines is 1. The summed E-state index contributed by atoms with van der Waals surface area (Å²) < 4.78 is 5.78. The first kappa shape index (κ1) is 28.2. The van der Waals surface area contributed by atoms with E-state index in [9.17, 15) is 24.5 Å². The maximum Gasteiger partial charge on any atom is 0.270 e. The van der Waals surface area contributed by atoms with E-state index in [4.69, 9.17) is 4.74 Å². The summed E-state index contributed by atoms with van der Waals surface area (Å²) in [5.74, 6) is -1.91. The van der Waals surface area contributed by atoms with Crippen LogP contribution in [0.4, 0.5) is 11.4 Å². The number of nitro groups is 1. The normalized spacial score (nSPS) is 22.5. The number of non-ortho nitro benzene ring substituents is 1. The lowest BCUT2D eigenvalue weighted by molar-refractivity contribution is -0.384. The molecule has 0 saturated carbocycles. The number of hydrogen-bond donors (Lipinski definition) is 1. The summed E-state index contributed by atoms with van der Waals surface area (Å²) in [7, 11) is 0. The molecule has 1 amide bonds. The topological polar surface area (TPSA) is 119 Å². The Kier molecular flexibility index (Phi) is 6.62. The van der Waals surface area contributed by atoms with Gasteiger partial charge in [0.05, 0.1) is 23.0 Å². The number of benzene rings is 4. The smallest absolute Gasteiger partial charge is 0.270 e. The molecular formula is C36H29N3O6. The average Bonchev–Trinajstić information content (AvgIpc) is 3.52. The van der Waals surface area contributed by atoms with Gasteiger partial charge in [-0.05, 0) is 66.9 Å². The number of fused-ring (bicyclic) bond motifs is 6. The van der Waals surface area contributed by atoms with E-state index in [0.717, 1.165) is 11.1 Å². The number of para-hydroxylation sites is 1. The fraction of sp³-hybridized carbons (Fsp3) is 0.194. The molecule has 0 bridgehead atoms. The first-order valence-electron chi connectivity index (χ1n) is 14.8. The lowest BCUT2D eigenvalue weighted by Crippen LogP contribution is -2.49. The number of ether oxygens (including phenoxy) is 1. The number of rotatable bonds is 7. The third-order valence-electron chi connectivity index (χ3n) is 8.97. The van der Waals surface area contributed by atoms with Gasteiger partial charge in [0.15, 0.2) is 11.6 Å². The van der Waals surface area contributed by atoms with Crippen LogP contribution in [-0.2, 0) is 10.2 Å². The lowest BCUT2D eigenvalue weighted by atomic mass is 9.62. The van der Waals surface area contributed by atoms with E-state index in [2.05, 4.69) is 5.32 Å². The second kappa shape index (κ2) is 10.6. The van der Waals surface area contributed by atoms with Gasteiger partial charge in [0.1, 0.15) is 17.2 Å². The van der Waals surface area contributed by atoms with Crippen molar-refractivity contribution in [1.82, 2.24) is 4.90 Å². The van der Waals surface area contributed by atoms with Crippen LogP contribution >= 0.6 is 0 Å². The second-order valence-corrected chi connectivity index (χ2v) is 11.8. The van der Waals surface area contributed by atoms with Gasteiger partial charge in [0.25, 0.3) is 5.69 Å². The Morgan fingerprint density at radius 1 is 0.911 bits per heavy atom. The maximum absolute atomic E-state index is 14.9. The Morgan fingerprint density at radius 2 is 1.64 bits per heavy atom. The van der Waals surface area contributed by atoms with E-state index in [1.54, 1.807) is 42.6 Å². The van der Waals surface area contributed by atoms with E-state index in [0.29, 0.717) is 22.6 Å². The monoisotopic (exact) mass is 599 g/mol. The molecule has 1 spiro atoms. The molecule has 0 aliphatic carbocycles. The average molecular weight is 600 g/mol. The number of carbonyl (C=O) groups excluding carboxylic acids is 3. The van der Waals surface area contributed by atoms with Crippen molar-refractivity contribution >= 4 is 34.9 Å². The molecule has 4 atom stereocenters. The zero-order chi connectivity index (χ0) is 31.5. The molecule has 224 valence electrons. The summed E-state index contributed by atoms with van der Waals surface area (Å²) in [6.07, 6.45) is 3.62. The number of nitrogens with one attached hydrogen (secondary N) is 1. The molecule has 3 aliphatic heterocycles. The summed E-state index contributed by atoms with van der Waals surface area (Å²) in [5, 5.41) is 14.7. The van der Waals surface area contributed by atoms with Gasteiger partial charge < -0.3 is 15.0 Å². The number of Topliss-reactive ketones (excluding diaryl/α,β-unsaturated/α-hetero) is 2. The van der Waals surface area contributed by atoms with Gasteiger partial charge in [0, 0.05) is 35.1 Å². The molecule has 1 saturated heterocycles. The zero-order valence-electron chi connectivity index (χ0n) is 24.5. The number of ketones is 2. The second-order valence-electron chi connectivity index (χ2n) is 11.8. The van der Waals surface area contributed by atoms with Gasteiger partial charge in [-0.1, -0.05) is 54.6 Å². The van der Waals surface area contributed by atoms with Crippen molar-refractivity contribution < 1.29 is 24.0 Å². The van der Waals surface area contributed by atoms with Crippen molar-refractivity contribution in [3.05, 3.63) is 141 Å². The Bertz CT molecular complexity index is 1920. The van der Waals surface area contributed by atoms with Crippen LogP contribution in [0.15, 0.2) is 103 Å².